The SMILES string of the molecule is CCOC1CC(NC(CC(C)C)C(=O)O)C12CCCC2. The van der Waals surface area contributed by atoms with E-state index in [1.165, 1.54) is 25.7 Å². The van der Waals surface area contributed by atoms with Gasteiger partial charge in [0.25, 0.3) is 0 Å². The van der Waals surface area contributed by atoms with E-state index in [1.54, 1.807) is 0 Å². The van der Waals surface area contributed by atoms with Gasteiger partial charge in [-0.1, -0.05) is 26.7 Å². The summed E-state index contributed by atoms with van der Waals surface area (Å²) in [6, 6.07) is -0.0959. The summed E-state index contributed by atoms with van der Waals surface area (Å²) >= 11 is 0. The Morgan fingerprint density at radius 3 is 2.55 bits per heavy atom. The number of hydrogen-bond acceptors (Lipinski definition) is 3. The lowest BCUT2D eigenvalue weighted by molar-refractivity contribution is -0.149. The van der Waals surface area contributed by atoms with Crippen LogP contribution in [0.4, 0.5) is 0 Å². The molecule has 0 saturated heterocycles. The number of aliphatic carboxylic acids is 1. The van der Waals surface area contributed by atoms with Gasteiger partial charge in [0, 0.05) is 18.1 Å². The van der Waals surface area contributed by atoms with Crippen LogP contribution in [0.15, 0.2) is 0 Å². The number of ether oxygens (including phenoxy) is 1. The maximum absolute atomic E-state index is 11.4. The van der Waals surface area contributed by atoms with Crippen LogP contribution in [0.2, 0.25) is 0 Å². The lowest BCUT2D eigenvalue weighted by atomic mass is 9.60. The normalized spacial score (nSPS) is 29.6. The Morgan fingerprint density at radius 2 is 2.05 bits per heavy atom. The molecule has 2 rings (SSSR count). The zero-order chi connectivity index (χ0) is 14.8. The minimum atomic E-state index is -0.716. The van der Waals surface area contributed by atoms with Crippen molar-refractivity contribution in [1.29, 1.82) is 0 Å². The molecule has 1 spiro atoms. The van der Waals surface area contributed by atoms with Gasteiger partial charge in [0.1, 0.15) is 6.04 Å². The van der Waals surface area contributed by atoms with Crippen LogP contribution in [0.1, 0.15) is 59.3 Å². The van der Waals surface area contributed by atoms with Crippen LogP contribution in [-0.2, 0) is 9.53 Å². The van der Waals surface area contributed by atoms with Crippen LogP contribution < -0.4 is 5.32 Å². The maximum atomic E-state index is 11.4. The summed E-state index contributed by atoms with van der Waals surface area (Å²) in [5.41, 5.74) is 0.209. The molecular formula is C16H29NO3. The lowest BCUT2D eigenvalue weighted by Gasteiger charge is -2.55. The van der Waals surface area contributed by atoms with Crippen LogP contribution in [-0.4, -0.2) is 35.9 Å². The molecule has 3 unspecified atom stereocenters. The molecule has 2 aliphatic rings. The number of carboxylic acid groups (broad SMARTS) is 1. The molecule has 116 valence electrons. The number of nitrogens with one attached hydrogen (secondary N) is 1. The topological polar surface area (TPSA) is 58.6 Å². The molecule has 0 aromatic carbocycles. The fraction of sp³-hybridized carbons (Fsp3) is 0.938. The molecule has 0 heterocycles. The van der Waals surface area contributed by atoms with Crippen molar-refractivity contribution in [1.82, 2.24) is 5.32 Å². The molecule has 0 aromatic rings. The van der Waals surface area contributed by atoms with Gasteiger partial charge in [-0.2, -0.15) is 0 Å². The van der Waals surface area contributed by atoms with E-state index in [2.05, 4.69) is 19.2 Å². The third-order valence-electron chi connectivity index (χ3n) is 5.09. The molecule has 0 aliphatic heterocycles. The predicted octanol–water partition coefficient (Wildman–Crippen LogP) is 2.81. The molecule has 0 aromatic heterocycles. The van der Waals surface area contributed by atoms with Gasteiger partial charge in [0.2, 0.25) is 0 Å². The van der Waals surface area contributed by atoms with E-state index in [4.69, 9.17) is 4.74 Å². The van der Waals surface area contributed by atoms with E-state index in [0.29, 0.717) is 24.5 Å². The van der Waals surface area contributed by atoms with E-state index >= 15 is 0 Å². The Labute approximate surface area is 122 Å². The van der Waals surface area contributed by atoms with Crippen molar-refractivity contribution in [2.75, 3.05) is 6.61 Å². The van der Waals surface area contributed by atoms with E-state index in [-0.39, 0.29) is 5.41 Å². The molecule has 4 nitrogen and oxygen atoms in total. The second-order valence-electron chi connectivity index (χ2n) is 6.86. The minimum Gasteiger partial charge on any atom is -0.480 e. The Morgan fingerprint density at radius 1 is 1.40 bits per heavy atom. The van der Waals surface area contributed by atoms with Crippen LogP contribution in [0.25, 0.3) is 0 Å². The van der Waals surface area contributed by atoms with Crippen LogP contribution in [0.3, 0.4) is 0 Å². The van der Waals surface area contributed by atoms with Crippen molar-refractivity contribution in [3.63, 3.8) is 0 Å². The number of carbonyl (C=O) groups is 1. The van der Waals surface area contributed by atoms with Crippen LogP contribution >= 0.6 is 0 Å². The first kappa shape index (κ1) is 15.8. The van der Waals surface area contributed by atoms with Gasteiger partial charge in [-0.3, -0.25) is 4.79 Å². The van der Waals surface area contributed by atoms with Crippen molar-refractivity contribution in [3.8, 4) is 0 Å². The highest BCUT2D eigenvalue weighted by Gasteiger charge is 2.57. The van der Waals surface area contributed by atoms with Crippen molar-refractivity contribution in [3.05, 3.63) is 0 Å². The fourth-order valence-corrected chi connectivity index (χ4v) is 4.07. The standard InChI is InChI=1S/C16H29NO3/c1-4-20-14-10-13(16(14)7-5-6-8-16)17-12(15(18)19)9-11(2)3/h11-14,17H,4-10H2,1-3H3,(H,18,19). The first-order chi connectivity index (χ1) is 9.49. The van der Waals surface area contributed by atoms with E-state index in [1.807, 2.05) is 6.92 Å². The predicted molar refractivity (Wildman–Crippen MR) is 78.7 cm³/mol. The van der Waals surface area contributed by atoms with Gasteiger partial charge in [-0.05, 0) is 38.5 Å². The summed E-state index contributed by atoms with van der Waals surface area (Å²) < 4.78 is 5.88. The molecule has 20 heavy (non-hydrogen) atoms. The molecule has 4 heteroatoms. The molecule has 2 saturated carbocycles. The number of hydrogen-bond donors (Lipinski definition) is 2. The lowest BCUT2D eigenvalue weighted by Crippen LogP contribution is -2.65. The molecule has 2 N–H and O–H groups in total. The Hall–Kier alpha value is -0.610. The van der Waals surface area contributed by atoms with E-state index < -0.39 is 12.0 Å². The first-order valence-electron chi connectivity index (χ1n) is 8.10. The summed E-state index contributed by atoms with van der Waals surface area (Å²) in [7, 11) is 0. The van der Waals surface area contributed by atoms with Crippen molar-refractivity contribution >= 4 is 5.97 Å². The summed E-state index contributed by atoms with van der Waals surface area (Å²) in [5, 5.41) is 12.8. The molecule has 3 atom stereocenters. The molecule has 0 bridgehead atoms. The summed E-state index contributed by atoms with van der Waals surface area (Å²) in [6.07, 6.45) is 6.87. The Balaban J connectivity index is 1.99. The highest BCUT2D eigenvalue weighted by Crippen LogP contribution is 2.54. The van der Waals surface area contributed by atoms with Gasteiger partial charge < -0.3 is 15.2 Å². The number of carboxylic acids is 1. The zero-order valence-electron chi connectivity index (χ0n) is 13.0. The molecule has 2 fully saturated rings. The molecule has 2 aliphatic carbocycles. The largest absolute Gasteiger partial charge is 0.480 e. The van der Waals surface area contributed by atoms with Gasteiger partial charge in [0.15, 0.2) is 0 Å². The maximum Gasteiger partial charge on any atom is 0.320 e. The average molecular weight is 283 g/mol. The van der Waals surface area contributed by atoms with Crippen molar-refractivity contribution in [2.45, 2.75) is 77.5 Å². The van der Waals surface area contributed by atoms with E-state index in [0.717, 1.165) is 13.0 Å². The Kier molecular flexibility index (Phi) is 5.08. The monoisotopic (exact) mass is 283 g/mol. The summed E-state index contributed by atoms with van der Waals surface area (Å²) in [5.74, 6) is -0.322. The fourth-order valence-electron chi connectivity index (χ4n) is 4.07. The smallest absolute Gasteiger partial charge is 0.320 e. The minimum absolute atomic E-state index is 0.209. The first-order valence-corrected chi connectivity index (χ1v) is 8.10. The second kappa shape index (κ2) is 6.44. The Bertz CT molecular complexity index is 337. The summed E-state index contributed by atoms with van der Waals surface area (Å²) in [4.78, 5) is 11.4. The molecule has 0 radical (unpaired) electrons. The van der Waals surface area contributed by atoms with Crippen molar-refractivity contribution < 1.29 is 14.6 Å². The van der Waals surface area contributed by atoms with Crippen LogP contribution in [0, 0.1) is 11.3 Å². The third kappa shape index (κ3) is 3.01. The van der Waals surface area contributed by atoms with Crippen molar-refractivity contribution in [2.24, 2.45) is 11.3 Å². The zero-order valence-corrected chi connectivity index (χ0v) is 13.0. The highest BCUT2D eigenvalue weighted by atomic mass is 16.5. The van der Waals surface area contributed by atoms with Gasteiger partial charge in [-0.15, -0.1) is 0 Å². The van der Waals surface area contributed by atoms with E-state index in [9.17, 15) is 9.90 Å². The van der Waals surface area contributed by atoms with Gasteiger partial charge in [-0.25, -0.2) is 0 Å². The van der Waals surface area contributed by atoms with Gasteiger partial charge >= 0.3 is 5.97 Å². The third-order valence-corrected chi connectivity index (χ3v) is 5.09. The molecular weight excluding hydrogens is 254 g/mol. The van der Waals surface area contributed by atoms with Crippen LogP contribution in [0.5, 0.6) is 0 Å². The number of rotatable bonds is 7. The average Bonchev–Trinajstić information content (AvgIpc) is 2.87. The highest BCUT2D eigenvalue weighted by molar-refractivity contribution is 5.73. The molecule has 0 amide bonds. The second-order valence-corrected chi connectivity index (χ2v) is 6.86. The van der Waals surface area contributed by atoms with Gasteiger partial charge in [0.05, 0.1) is 6.10 Å². The summed E-state index contributed by atoms with van der Waals surface area (Å²) in [6.45, 7) is 6.95. The quantitative estimate of drug-likeness (QED) is 0.754.